The molecule has 0 radical (unpaired) electrons. The summed E-state index contributed by atoms with van der Waals surface area (Å²) in [6.45, 7) is 5.07. The summed E-state index contributed by atoms with van der Waals surface area (Å²) in [7, 11) is 0. The van der Waals surface area contributed by atoms with E-state index < -0.39 is 17.3 Å². The van der Waals surface area contributed by atoms with Crippen LogP contribution in [0.15, 0.2) is 24.7 Å². The van der Waals surface area contributed by atoms with Crippen LogP contribution in [0.25, 0.3) is 22.4 Å². The molecule has 142 valence electrons. The van der Waals surface area contributed by atoms with E-state index >= 15 is 0 Å². The fourth-order valence-electron chi connectivity index (χ4n) is 2.45. The van der Waals surface area contributed by atoms with Crippen LogP contribution in [0.1, 0.15) is 20.8 Å². The van der Waals surface area contributed by atoms with E-state index in [0.717, 1.165) is 6.20 Å². The molecule has 3 heterocycles. The van der Waals surface area contributed by atoms with Crippen molar-refractivity contribution < 1.29 is 14.3 Å². The summed E-state index contributed by atoms with van der Waals surface area (Å²) >= 11 is 6.01. The van der Waals surface area contributed by atoms with Gasteiger partial charge in [0.25, 0.3) is 0 Å². The number of carbonyl (C=O) groups is 1. The molecule has 0 aliphatic rings. The second-order valence-corrected chi connectivity index (χ2v) is 7.34. The smallest absolute Gasteiger partial charge is 0.319 e. The predicted octanol–water partition coefficient (Wildman–Crippen LogP) is 3.32. The molecule has 27 heavy (non-hydrogen) atoms. The van der Waals surface area contributed by atoms with E-state index in [1.807, 2.05) is 0 Å². The number of aromatic nitrogens is 4. The molecule has 0 aliphatic carbocycles. The largest absolute Gasteiger partial charge is 0.480 e. The normalized spacial score (nSPS) is 11.9. The highest BCUT2D eigenvalue weighted by atomic mass is 35.5. The molecule has 0 spiro atoms. The van der Waals surface area contributed by atoms with Crippen molar-refractivity contribution in [2.75, 3.05) is 12.0 Å². The van der Waals surface area contributed by atoms with E-state index in [1.54, 1.807) is 33.0 Å². The Kier molecular flexibility index (Phi) is 4.99. The number of rotatable bonds is 5. The Bertz CT molecular complexity index is 1000. The maximum atomic E-state index is 14.3. The summed E-state index contributed by atoms with van der Waals surface area (Å²) in [4.78, 5) is 26.6. The Labute approximate surface area is 159 Å². The third-order valence-corrected chi connectivity index (χ3v) is 4.03. The number of carboxylic acid groups (broad SMARTS) is 1. The highest BCUT2D eigenvalue weighted by Crippen LogP contribution is 2.28. The third-order valence-electron chi connectivity index (χ3n) is 3.83. The second-order valence-electron chi connectivity index (χ2n) is 6.90. The first kappa shape index (κ1) is 19.0. The maximum absolute atomic E-state index is 14.3. The molecule has 3 aromatic heterocycles. The predicted molar refractivity (Wildman–Crippen MR) is 99.8 cm³/mol. The lowest BCUT2D eigenvalue weighted by Crippen LogP contribution is -2.48. The number of nitrogens with zero attached hydrogens (tertiary/aromatic N) is 4. The Balaban J connectivity index is 2.01. The van der Waals surface area contributed by atoms with Gasteiger partial charge in [0.15, 0.2) is 17.5 Å². The molecular formula is C17H18ClFN6O2. The summed E-state index contributed by atoms with van der Waals surface area (Å²) in [6, 6.07) is 1.71. The maximum Gasteiger partial charge on any atom is 0.319 e. The molecular weight excluding hydrogens is 375 g/mol. The van der Waals surface area contributed by atoms with E-state index in [4.69, 9.17) is 16.7 Å². The molecule has 3 N–H and O–H groups in total. The Morgan fingerprint density at radius 2 is 2.11 bits per heavy atom. The van der Waals surface area contributed by atoms with Crippen molar-refractivity contribution in [2.45, 2.75) is 26.3 Å². The Morgan fingerprint density at radius 3 is 2.78 bits per heavy atom. The third kappa shape index (κ3) is 4.15. The fraction of sp³-hybridized carbons (Fsp3) is 0.294. The molecule has 3 aromatic rings. The van der Waals surface area contributed by atoms with Gasteiger partial charge in [0, 0.05) is 28.9 Å². The zero-order valence-corrected chi connectivity index (χ0v) is 15.7. The molecule has 10 heteroatoms. The zero-order chi connectivity index (χ0) is 19.8. The van der Waals surface area contributed by atoms with Gasteiger partial charge in [-0.05, 0) is 26.8 Å². The molecule has 0 aromatic carbocycles. The molecule has 0 fully saturated rings. The zero-order valence-electron chi connectivity index (χ0n) is 14.9. The number of halogens is 2. The van der Waals surface area contributed by atoms with E-state index in [0.29, 0.717) is 21.6 Å². The molecule has 0 bridgehead atoms. The van der Waals surface area contributed by atoms with Crippen LogP contribution in [0.4, 0.5) is 10.2 Å². The Hall–Kier alpha value is -2.78. The number of fused-ring (bicyclic) bond motifs is 1. The van der Waals surface area contributed by atoms with Crippen LogP contribution in [0.3, 0.4) is 0 Å². The van der Waals surface area contributed by atoms with Crippen LogP contribution in [-0.4, -0.2) is 48.1 Å². The van der Waals surface area contributed by atoms with Crippen LogP contribution < -0.4 is 5.43 Å². The quantitative estimate of drug-likeness (QED) is 0.571. The summed E-state index contributed by atoms with van der Waals surface area (Å²) in [6.07, 6.45) is 4.20. The summed E-state index contributed by atoms with van der Waals surface area (Å²) in [5.74, 6) is -1.63. The molecule has 3 rings (SSSR count). The number of hydrogen-bond donors (Lipinski definition) is 3. The van der Waals surface area contributed by atoms with Crippen molar-refractivity contribution in [1.82, 2.24) is 24.9 Å². The van der Waals surface area contributed by atoms with Crippen LogP contribution in [-0.2, 0) is 4.79 Å². The van der Waals surface area contributed by atoms with Crippen molar-refractivity contribution in [3.8, 4) is 11.4 Å². The van der Waals surface area contributed by atoms with Crippen molar-refractivity contribution in [2.24, 2.45) is 0 Å². The summed E-state index contributed by atoms with van der Waals surface area (Å²) in [5, 5.41) is 11.6. The number of aliphatic carboxylic acids is 1. The lowest BCUT2D eigenvalue weighted by atomic mass is 10.1. The van der Waals surface area contributed by atoms with Gasteiger partial charge in [0.2, 0.25) is 0 Å². The van der Waals surface area contributed by atoms with Crippen LogP contribution in [0.2, 0.25) is 5.02 Å². The van der Waals surface area contributed by atoms with Gasteiger partial charge in [-0.2, -0.15) is 0 Å². The van der Waals surface area contributed by atoms with E-state index in [-0.39, 0.29) is 18.2 Å². The number of aromatic amines is 1. The number of anilines is 1. The lowest BCUT2D eigenvalue weighted by Gasteiger charge is -2.34. The van der Waals surface area contributed by atoms with Crippen LogP contribution in [0.5, 0.6) is 0 Å². The van der Waals surface area contributed by atoms with Gasteiger partial charge >= 0.3 is 5.97 Å². The molecule has 0 atom stereocenters. The highest BCUT2D eigenvalue weighted by molar-refractivity contribution is 6.31. The Morgan fingerprint density at radius 1 is 1.37 bits per heavy atom. The number of hydrogen-bond acceptors (Lipinski definition) is 6. The van der Waals surface area contributed by atoms with Gasteiger partial charge in [0.1, 0.15) is 12.2 Å². The SMILES string of the molecule is CC(C)(C)N(CC(=O)O)Nc1nc(-c2c[nH]c3ncc(Cl)cc23)ncc1F. The minimum Gasteiger partial charge on any atom is -0.480 e. The van der Waals surface area contributed by atoms with Crippen molar-refractivity contribution in [3.63, 3.8) is 0 Å². The van der Waals surface area contributed by atoms with Crippen molar-refractivity contribution in [3.05, 3.63) is 35.5 Å². The highest BCUT2D eigenvalue weighted by Gasteiger charge is 2.25. The number of nitrogens with one attached hydrogen (secondary N) is 2. The average Bonchev–Trinajstić information content (AvgIpc) is 2.98. The van der Waals surface area contributed by atoms with Gasteiger partial charge in [-0.25, -0.2) is 24.4 Å². The first-order valence-corrected chi connectivity index (χ1v) is 8.44. The van der Waals surface area contributed by atoms with Gasteiger partial charge in [-0.1, -0.05) is 11.6 Å². The number of carboxylic acids is 1. The second kappa shape index (κ2) is 7.09. The van der Waals surface area contributed by atoms with E-state index in [2.05, 4.69) is 25.4 Å². The van der Waals surface area contributed by atoms with E-state index in [1.165, 1.54) is 11.2 Å². The molecule has 0 unspecified atom stereocenters. The average molecular weight is 393 g/mol. The molecule has 8 nitrogen and oxygen atoms in total. The molecule has 0 saturated carbocycles. The minimum atomic E-state index is -1.05. The van der Waals surface area contributed by atoms with Gasteiger partial charge in [-0.3, -0.25) is 10.2 Å². The molecule has 0 amide bonds. The van der Waals surface area contributed by atoms with E-state index in [9.17, 15) is 9.18 Å². The molecule has 0 aliphatic heterocycles. The van der Waals surface area contributed by atoms with Crippen LogP contribution in [0, 0.1) is 5.82 Å². The number of hydrazine groups is 1. The lowest BCUT2D eigenvalue weighted by molar-refractivity contribution is -0.139. The number of H-pyrrole nitrogens is 1. The number of pyridine rings is 1. The van der Waals surface area contributed by atoms with Gasteiger partial charge in [-0.15, -0.1) is 0 Å². The van der Waals surface area contributed by atoms with Crippen molar-refractivity contribution >= 4 is 34.4 Å². The molecule has 0 saturated heterocycles. The van der Waals surface area contributed by atoms with Crippen molar-refractivity contribution in [1.29, 1.82) is 0 Å². The first-order valence-electron chi connectivity index (χ1n) is 8.07. The first-order chi connectivity index (χ1) is 12.6. The van der Waals surface area contributed by atoms with Gasteiger partial charge in [0.05, 0.1) is 11.2 Å². The standard InChI is InChI=1S/C17H18ClFN6O2/c1-17(2,3)25(8-13(26)27)24-16-12(19)7-22-15(23-16)11-6-21-14-10(11)4-9(18)5-20-14/h4-7H,8H2,1-3H3,(H,20,21)(H,26,27)(H,22,23,24). The summed E-state index contributed by atoms with van der Waals surface area (Å²) in [5.41, 5.74) is 3.36. The topological polar surface area (TPSA) is 107 Å². The monoisotopic (exact) mass is 392 g/mol. The minimum absolute atomic E-state index is 0.125. The van der Waals surface area contributed by atoms with Gasteiger partial charge < -0.3 is 10.1 Å². The van der Waals surface area contributed by atoms with Crippen LogP contribution >= 0.6 is 11.6 Å². The fourth-order valence-corrected chi connectivity index (χ4v) is 2.60. The summed E-state index contributed by atoms with van der Waals surface area (Å²) < 4.78 is 14.3.